The molecule has 0 aromatic heterocycles. The van der Waals surface area contributed by atoms with Crippen molar-refractivity contribution < 1.29 is 9.59 Å². The van der Waals surface area contributed by atoms with Crippen LogP contribution in [0, 0.1) is 0 Å². The molecule has 2 atom stereocenters. The van der Waals surface area contributed by atoms with E-state index in [2.05, 4.69) is 29.6 Å². The molecule has 1 N–H and O–H groups in total. The lowest BCUT2D eigenvalue weighted by Crippen LogP contribution is -2.51. The van der Waals surface area contributed by atoms with Gasteiger partial charge < -0.3 is 10.2 Å². The van der Waals surface area contributed by atoms with E-state index in [0.29, 0.717) is 19.4 Å². The maximum atomic E-state index is 13.9. The fourth-order valence-electron chi connectivity index (χ4n) is 4.23. The van der Waals surface area contributed by atoms with Crippen molar-refractivity contribution in [3.63, 3.8) is 0 Å². The van der Waals surface area contributed by atoms with Gasteiger partial charge in [-0.2, -0.15) is 0 Å². The van der Waals surface area contributed by atoms with Crippen molar-refractivity contribution in [3.05, 3.63) is 108 Å². The van der Waals surface area contributed by atoms with Crippen molar-refractivity contribution >= 4 is 11.8 Å². The van der Waals surface area contributed by atoms with Gasteiger partial charge in [0.25, 0.3) is 0 Å². The lowest BCUT2D eigenvalue weighted by Gasteiger charge is -2.33. The Hall–Kier alpha value is -3.40. The molecule has 0 fully saturated rings. The Morgan fingerprint density at radius 3 is 1.74 bits per heavy atom. The fourth-order valence-corrected chi connectivity index (χ4v) is 4.23. The summed E-state index contributed by atoms with van der Waals surface area (Å²) in [6.07, 6.45) is 1.70. The number of carbonyl (C=O) groups is 2. The van der Waals surface area contributed by atoms with Crippen molar-refractivity contribution in [1.29, 1.82) is 0 Å². The third-order valence-electron chi connectivity index (χ3n) is 6.37. The van der Waals surface area contributed by atoms with Crippen molar-refractivity contribution in [2.24, 2.45) is 0 Å². The monoisotopic (exact) mass is 456 g/mol. The van der Waals surface area contributed by atoms with E-state index in [1.54, 1.807) is 4.90 Å². The van der Waals surface area contributed by atoms with Crippen LogP contribution in [0.15, 0.2) is 91.0 Å². The van der Waals surface area contributed by atoms with Crippen molar-refractivity contribution in [1.82, 2.24) is 10.2 Å². The molecule has 0 bridgehead atoms. The Morgan fingerprint density at radius 2 is 1.26 bits per heavy atom. The summed E-state index contributed by atoms with van der Waals surface area (Å²) in [7, 11) is 0. The van der Waals surface area contributed by atoms with Crippen LogP contribution in [0.4, 0.5) is 0 Å². The van der Waals surface area contributed by atoms with E-state index in [1.165, 1.54) is 0 Å². The third kappa shape index (κ3) is 6.80. The van der Waals surface area contributed by atoms with Crippen molar-refractivity contribution in [3.8, 4) is 0 Å². The molecule has 3 rings (SSSR count). The minimum absolute atomic E-state index is 0.0206. The molecule has 3 aromatic carbocycles. The van der Waals surface area contributed by atoms with Crippen molar-refractivity contribution in [2.75, 3.05) is 0 Å². The molecule has 0 spiro atoms. The lowest BCUT2D eigenvalue weighted by atomic mass is 9.88. The number of amides is 2. The first kappa shape index (κ1) is 25.2. The van der Waals surface area contributed by atoms with Crippen LogP contribution in [0.3, 0.4) is 0 Å². The highest BCUT2D eigenvalue weighted by Crippen LogP contribution is 2.29. The summed E-state index contributed by atoms with van der Waals surface area (Å²) >= 11 is 0. The van der Waals surface area contributed by atoms with Crippen LogP contribution in [0.25, 0.3) is 0 Å². The van der Waals surface area contributed by atoms with Gasteiger partial charge >= 0.3 is 0 Å². The van der Waals surface area contributed by atoms with E-state index < -0.39 is 6.04 Å². The second-order valence-electron chi connectivity index (χ2n) is 8.83. The van der Waals surface area contributed by atoms with E-state index in [4.69, 9.17) is 0 Å². The highest BCUT2D eigenvalue weighted by atomic mass is 16.2. The van der Waals surface area contributed by atoms with Crippen LogP contribution >= 0.6 is 0 Å². The zero-order valence-corrected chi connectivity index (χ0v) is 20.5. The Labute approximate surface area is 204 Å². The van der Waals surface area contributed by atoms with E-state index in [1.807, 2.05) is 87.5 Å². The molecule has 0 aliphatic heterocycles. The van der Waals surface area contributed by atoms with Gasteiger partial charge in [0.15, 0.2) is 0 Å². The van der Waals surface area contributed by atoms with Crippen LogP contribution in [0.1, 0.15) is 62.6 Å². The topological polar surface area (TPSA) is 49.4 Å². The number of nitrogens with one attached hydrogen (secondary N) is 1. The zero-order chi connectivity index (χ0) is 24.3. The van der Waals surface area contributed by atoms with Gasteiger partial charge in [0.1, 0.15) is 6.04 Å². The second-order valence-corrected chi connectivity index (χ2v) is 8.83. The molecular weight excluding hydrogens is 420 g/mol. The summed E-state index contributed by atoms with van der Waals surface area (Å²) < 4.78 is 0. The number of hydrogen-bond acceptors (Lipinski definition) is 2. The van der Waals surface area contributed by atoms with Gasteiger partial charge in [0.2, 0.25) is 11.8 Å². The van der Waals surface area contributed by atoms with Crippen LogP contribution in [-0.2, 0) is 16.1 Å². The summed E-state index contributed by atoms with van der Waals surface area (Å²) in [6.45, 7) is 6.42. The molecule has 0 aliphatic carbocycles. The normalized spacial score (nSPS) is 12.7. The molecule has 0 saturated heterocycles. The molecule has 34 heavy (non-hydrogen) atoms. The second kappa shape index (κ2) is 12.7. The zero-order valence-electron chi connectivity index (χ0n) is 20.5. The Bertz CT molecular complexity index is 982. The standard InChI is InChI=1S/C30H36N2O2/c1-4-23(3)31-30(34)28(5-2)32(22-24-15-9-6-10-16-24)29(33)21-27(25-17-11-7-12-18-25)26-19-13-8-14-20-26/h6-20,23,27-28H,4-5,21-22H2,1-3H3,(H,31,34)/t23-,28+/m1/s1. The van der Waals surface area contributed by atoms with E-state index >= 15 is 0 Å². The van der Waals surface area contributed by atoms with Crippen LogP contribution in [0.5, 0.6) is 0 Å². The van der Waals surface area contributed by atoms with Gasteiger partial charge in [0.05, 0.1) is 0 Å². The number of nitrogens with zero attached hydrogens (tertiary/aromatic N) is 1. The van der Waals surface area contributed by atoms with E-state index in [9.17, 15) is 9.59 Å². The first-order chi connectivity index (χ1) is 16.5. The molecule has 0 unspecified atom stereocenters. The molecule has 0 aliphatic rings. The minimum atomic E-state index is -0.520. The first-order valence-electron chi connectivity index (χ1n) is 12.3. The molecule has 0 saturated carbocycles. The minimum Gasteiger partial charge on any atom is -0.352 e. The van der Waals surface area contributed by atoms with Gasteiger partial charge in [-0.05, 0) is 36.5 Å². The molecule has 2 amide bonds. The smallest absolute Gasteiger partial charge is 0.243 e. The summed E-state index contributed by atoms with van der Waals surface area (Å²) in [4.78, 5) is 28.9. The Balaban J connectivity index is 1.93. The predicted molar refractivity (Wildman–Crippen MR) is 138 cm³/mol. The number of carbonyl (C=O) groups excluding carboxylic acids is 2. The van der Waals surface area contributed by atoms with Crippen LogP contribution < -0.4 is 5.32 Å². The van der Waals surface area contributed by atoms with Gasteiger partial charge in [0, 0.05) is 24.9 Å². The molecule has 0 heterocycles. The van der Waals surface area contributed by atoms with Gasteiger partial charge in [-0.3, -0.25) is 9.59 Å². The SMILES string of the molecule is CC[C@@H](C)NC(=O)[C@H](CC)N(Cc1ccccc1)C(=O)CC(c1ccccc1)c1ccccc1. The average molecular weight is 457 g/mol. The predicted octanol–water partition coefficient (Wildman–Crippen LogP) is 5.93. The summed E-state index contributed by atoms with van der Waals surface area (Å²) in [5.74, 6) is -0.187. The Kier molecular flexibility index (Phi) is 9.45. The maximum absolute atomic E-state index is 13.9. The van der Waals surface area contributed by atoms with Gasteiger partial charge in [-0.1, -0.05) is 105 Å². The largest absolute Gasteiger partial charge is 0.352 e. The van der Waals surface area contributed by atoms with Crippen molar-refractivity contribution in [2.45, 2.75) is 64.6 Å². The number of rotatable bonds is 11. The first-order valence-corrected chi connectivity index (χ1v) is 12.3. The fraction of sp³-hybridized carbons (Fsp3) is 0.333. The molecular formula is C30H36N2O2. The molecule has 3 aromatic rings. The van der Waals surface area contributed by atoms with Gasteiger partial charge in [-0.25, -0.2) is 0 Å². The summed E-state index contributed by atoms with van der Waals surface area (Å²) in [5.41, 5.74) is 3.21. The lowest BCUT2D eigenvalue weighted by molar-refractivity contribution is -0.141. The summed E-state index contributed by atoms with van der Waals surface area (Å²) in [6, 6.07) is 29.7. The van der Waals surface area contributed by atoms with Crippen LogP contribution in [-0.4, -0.2) is 28.8 Å². The highest BCUT2D eigenvalue weighted by molar-refractivity contribution is 5.88. The molecule has 4 heteroatoms. The van der Waals surface area contributed by atoms with Crippen LogP contribution in [0.2, 0.25) is 0 Å². The molecule has 4 nitrogen and oxygen atoms in total. The molecule has 178 valence electrons. The average Bonchev–Trinajstić information content (AvgIpc) is 2.88. The molecule has 0 radical (unpaired) electrons. The number of hydrogen-bond donors (Lipinski definition) is 1. The Morgan fingerprint density at radius 1 is 0.765 bits per heavy atom. The number of benzene rings is 3. The highest BCUT2D eigenvalue weighted by Gasteiger charge is 2.31. The van der Waals surface area contributed by atoms with Gasteiger partial charge in [-0.15, -0.1) is 0 Å². The maximum Gasteiger partial charge on any atom is 0.243 e. The van der Waals surface area contributed by atoms with E-state index in [0.717, 1.165) is 23.1 Å². The summed E-state index contributed by atoms with van der Waals surface area (Å²) in [5, 5.41) is 3.09. The third-order valence-corrected chi connectivity index (χ3v) is 6.37. The van der Waals surface area contributed by atoms with E-state index in [-0.39, 0.29) is 23.8 Å². The quantitative estimate of drug-likeness (QED) is 0.389.